The number of carbonyl (C=O) groups excluding carboxylic acids is 1. The molecule has 1 aliphatic carbocycles. The predicted octanol–water partition coefficient (Wildman–Crippen LogP) is 3.83. The molecular weight excluding hydrogens is 264 g/mol. The van der Waals surface area contributed by atoms with Crippen LogP contribution < -0.4 is 11.1 Å². The summed E-state index contributed by atoms with van der Waals surface area (Å²) in [5.41, 5.74) is 8.07. The Balaban J connectivity index is 1.98. The third-order valence-electron chi connectivity index (χ3n) is 4.38. The Hall–Kier alpha value is -1.71. The van der Waals surface area contributed by atoms with Crippen molar-refractivity contribution in [1.82, 2.24) is 0 Å². The lowest BCUT2D eigenvalue weighted by molar-refractivity contribution is 0.0601. The summed E-state index contributed by atoms with van der Waals surface area (Å²) in [6.45, 7) is 2.25. The molecule has 0 spiro atoms. The highest BCUT2D eigenvalue weighted by Crippen LogP contribution is 2.31. The molecule has 1 aromatic carbocycles. The fourth-order valence-electron chi connectivity index (χ4n) is 3.15. The first-order valence-electron chi connectivity index (χ1n) is 7.88. The summed E-state index contributed by atoms with van der Waals surface area (Å²) in [6, 6.07) is 5.70. The van der Waals surface area contributed by atoms with Crippen LogP contribution in [0.15, 0.2) is 18.2 Å². The number of rotatable bonds is 5. The molecule has 0 heterocycles. The fourth-order valence-corrected chi connectivity index (χ4v) is 3.15. The number of carbonyl (C=O) groups is 1. The molecule has 1 fully saturated rings. The highest BCUT2D eigenvalue weighted by atomic mass is 16.5. The molecule has 0 saturated heterocycles. The van der Waals surface area contributed by atoms with Gasteiger partial charge in [0.05, 0.1) is 24.0 Å². The zero-order chi connectivity index (χ0) is 15.2. The summed E-state index contributed by atoms with van der Waals surface area (Å²) in [5.74, 6) is 0.552. The van der Waals surface area contributed by atoms with Gasteiger partial charge >= 0.3 is 5.97 Å². The van der Waals surface area contributed by atoms with E-state index in [1.807, 2.05) is 0 Å². The highest BCUT2D eigenvalue weighted by molar-refractivity contribution is 5.92. The second-order valence-corrected chi connectivity index (χ2v) is 5.94. The van der Waals surface area contributed by atoms with Crippen molar-refractivity contribution in [1.29, 1.82) is 0 Å². The second-order valence-electron chi connectivity index (χ2n) is 5.94. The van der Waals surface area contributed by atoms with Crippen LogP contribution in [0.25, 0.3) is 0 Å². The number of hydrogen-bond donors (Lipinski definition) is 2. The van der Waals surface area contributed by atoms with Crippen LogP contribution in [0.3, 0.4) is 0 Å². The van der Waals surface area contributed by atoms with Gasteiger partial charge in [0.2, 0.25) is 0 Å². The van der Waals surface area contributed by atoms with Crippen molar-refractivity contribution in [3.63, 3.8) is 0 Å². The molecule has 116 valence electrons. The third kappa shape index (κ3) is 4.13. The van der Waals surface area contributed by atoms with Crippen molar-refractivity contribution in [2.75, 3.05) is 18.2 Å². The average molecular weight is 290 g/mol. The lowest BCUT2D eigenvalue weighted by Crippen LogP contribution is -2.26. The zero-order valence-corrected chi connectivity index (χ0v) is 13.0. The van der Waals surface area contributed by atoms with Crippen LogP contribution in [0.1, 0.15) is 55.8 Å². The monoisotopic (exact) mass is 290 g/mol. The fraction of sp³-hybridized carbons (Fsp3) is 0.588. The van der Waals surface area contributed by atoms with Crippen molar-refractivity contribution in [2.24, 2.45) is 5.92 Å². The van der Waals surface area contributed by atoms with E-state index < -0.39 is 0 Å². The molecule has 4 heteroatoms. The molecule has 2 rings (SSSR count). The summed E-state index contributed by atoms with van der Waals surface area (Å²) in [4.78, 5) is 11.6. The molecule has 0 radical (unpaired) electrons. The predicted molar refractivity (Wildman–Crippen MR) is 86.5 cm³/mol. The van der Waals surface area contributed by atoms with Crippen LogP contribution in [0.4, 0.5) is 11.4 Å². The molecule has 0 amide bonds. The first kappa shape index (κ1) is 15.7. The molecule has 0 unspecified atom stereocenters. The van der Waals surface area contributed by atoms with Crippen LogP contribution in [-0.4, -0.2) is 19.1 Å². The van der Waals surface area contributed by atoms with Gasteiger partial charge in [-0.1, -0.05) is 19.8 Å². The van der Waals surface area contributed by atoms with Gasteiger partial charge < -0.3 is 15.8 Å². The molecule has 1 aliphatic rings. The third-order valence-corrected chi connectivity index (χ3v) is 4.38. The lowest BCUT2D eigenvalue weighted by atomic mass is 9.83. The molecule has 0 aromatic heterocycles. The van der Waals surface area contributed by atoms with E-state index in [2.05, 4.69) is 12.2 Å². The van der Waals surface area contributed by atoms with Crippen LogP contribution in [-0.2, 0) is 4.74 Å². The summed E-state index contributed by atoms with van der Waals surface area (Å²) in [6.07, 6.45) is 7.52. The minimum Gasteiger partial charge on any atom is -0.465 e. The average Bonchev–Trinajstić information content (AvgIpc) is 2.51. The van der Waals surface area contributed by atoms with Gasteiger partial charge in [-0.25, -0.2) is 4.79 Å². The largest absolute Gasteiger partial charge is 0.465 e. The van der Waals surface area contributed by atoms with Crippen molar-refractivity contribution < 1.29 is 9.53 Å². The van der Waals surface area contributed by atoms with Gasteiger partial charge in [-0.05, 0) is 49.8 Å². The number of hydrogen-bond acceptors (Lipinski definition) is 4. The number of ether oxygens (including phenoxy) is 1. The maximum atomic E-state index is 11.6. The van der Waals surface area contributed by atoms with Crippen molar-refractivity contribution >= 4 is 17.3 Å². The van der Waals surface area contributed by atoms with E-state index in [0.29, 0.717) is 17.3 Å². The number of nitrogens with two attached hydrogens (primary N) is 1. The molecule has 0 aliphatic heterocycles. The van der Waals surface area contributed by atoms with Gasteiger partial charge in [-0.2, -0.15) is 0 Å². The molecule has 4 nitrogen and oxygen atoms in total. The van der Waals surface area contributed by atoms with Crippen molar-refractivity contribution in [3.8, 4) is 0 Å². The standard InChI is InChI=1S/C17H26N2O2/c1-3-4-12-5-8-14(9-6-12)19-16-11-13(17(20)21-2)7-10-15(16)18/h7,10-12,14,19H,3-6,8-9,18H2,1-2H3. The molecule has 1 aromatic rings. The SMILES string of the molecule is CCCC1CCC(Nc2cc(C(=O)OC)ccc2N)CC1. The maximum absolute atomic E-state index is 11.6. The Labute approximate surface area is 127 Å². The minimum atomic E-state index is -0.329. The molecule has 0 bridgehead atoms. The number of methoxy groups -OCH3 is 1. The number of anilines is 2. The van der Waals surface area contributed by atoms with Gasteiger partial charge in [-0.3, -0.25) is 0 Å². The minimum absolute atomic E-state index is 0.329. The summed E-state index contributed by atoms with van der Waals surface area (Å²) in [5, 5.41) is 3.50. The Morgan fingerprint density at radius 3 is 2.67 bits per heavy atom. The smallest absolute Gasteiger partial charge is 0.337 e. The normalized spacial score (nSPS) is 21.8. The number of esters is 1. The summed E-state index contributed by atoms with van der Waals surface area (Å²) in [7, 11) is 1.39. The number of nitrogen functional groups attached to an aromatic ring is 1. The Bertz CT molecular complexity index is 480. The van der Waals surface area contributed by atoms with E-state index in [-0.39, 0.29) is 5.97 Å². The van der Waals surface area contributed by atoms with Gasteiger partial charge in [0.15, 0.2) is 0 Å². The molecule has 21 heavy (non-hydrogen) atoms. The summed E-state index contributed by atoms with van der Waals surface area (Å²) < 4.78 is 4.75. The molecule has 3 N–H and O–H groups in total. The van der Waals surface area contributed by atoms with E-state index in [4.69, 9.17) is 10.5 Å². The first-order valence-corrected chi connectivity index (χ1v) is 7.88. The van der Waals surface area contributed by atoms with E-state index in [1.54, 1.807) is 18.2 Å². The van der Waals surface area contributed by atoms with Crippen LogP contribution in [0, 0.1) is 5.92 Å². The first-order chi connectivity index (χ1) is 10.1. The van der Waals surface area contributed by atoms with Gasteiger partial charge in [0, 0.05) is 6.04 Å². The van der Waals surface area contributed by atoms with Crippen LogP contribution in [0.2, 0.25) is 0 Å². The van der Waals surface area contributed by atoms with E-state index in [0.717, 1.165) is 11.6 Å². The quantitative estimate of drug-likeness (QED) is 0.639. The van der Waals surface area contributed by atoms with Gasteiger partial charge in [0.1, 0.15) is 0 Å². The number of benzene rings is 1. The molecule has 0 atom stereocenters. The summed E-state index contributed by atoms with van der Waals surface area (Å²) >= 11 is 0. The van der Waals surface area contributed by atoms with E-state index in [9.17, 15) is 4.79 Å². The lowest BCUT2D eigenvalue weighted by Gasteiger charge is -2.30. The zero-order valence-electron chi connectivity index (χ0n) is 13.0. The maximum Gasteiger partial charge on any atom is 0.337 e. The van der Waals surface area contributed by atoms with Crippen LogP contribution in [0.5, 0.6) is 0 Å². The Morgan fingerprint density at radius 1 is 1.33 bits per heavy atom. The Kier molecular flexibility index (Phi) is 5.48. The van der Waals surface area contributed by atoms with Crippen LogP contribution >= 0.6 is 0 Å². The molecular formula is C17H26N2O2. The van der Waals surface area contributed by atoms with Gasteiger partial charge in [-0.15, -0.1) is 0 Å². The second kappa shape index (κ2) is 7.34. The van der Waals surface area contributed by atoms with Crippen molar-refractivity contribution in [2.45, 2.75) is 51.5 Å². The van der Waals surface area contributed by atoms with E-state index >= 15 is 0 Å². The van der Waals surface area contributed by atoms with Crippen molar-refractivity contribution in [3.05, 3.63) is 23.8 Å². The van der Waals surface area contributed by atoms with E-state index in [1.165, 1.54) is 45.6 Å². The highest BCUT2D eigenvalue weighted by Gasteiger charge is 2.21. The molecule has 1 saturated carbocycles. The topological polar surface area (TPSA) is 64.3 Å². The Morgan fingerprint density at radius 2 is 2.05 bits per heavy atom. The number of nitrogens with one attached hydrogen (secondary N) is 1. The van der Waals surface area contributed by atoms with Gasteiger partial charge in [0.25, 0.3) is 0 Å².